The Balaban J connectivity index is 1.53. The van der Waals surface area contributed by atoms with E-state index < -0.39 is 5.67 Å². The van der Waals surface area contributed by atoms with Crippen molar-refractivity contribution in [1.29, 1.82) is 0 Å². The minimum Gasteiger partial charge on any atom is -0.335 e. The summed E-state index contributed by atoms with van der Waals surface area (Å²) in [5.74, 6) is 0.454. The number of hydrogen-bond acceptors (Lipinski definition) is 7. The van der Waals surface area contributed by atoms with Crippen LogP contribution in [0, 0.1) is 6.92 Å². The van der Waals surface area contributed by atoms with Crippen LogP contribution in [-0.2, 0) is 12.2 Å². The van der Waals surface area contributed by atoms with E-state index in [0.29, 0.717) is 18.8 Å². The van der Waals surface area contributed by atoms with Gasteiger partial charge in [0, 0.05) is 35.9 Å². The first-order valence-electron chi connectivity index (χ1n) is 8.19. The second kappa shape index (κ2) is 6.61. The molecule has 130 valence electrons. The number of thiazole rings is 1. The molecule has 8 heteroatoms. The lowest BCUT2D eigenvalue weighted by Gasteiger charge is -2.34. The molecule has 4 heterocycles. The lowest BCUT2D eigenvalue weighted by atomic mass is 9.94. The molecular weight excluding hydrogens is 341 g/mol. The third-order valence-electron chi connectivity index (χ3n) is 4.48. The van der Waals surface area contributed by atoms with E-state index in [1.165, 1.54) is 4.88 Å². The van der Waals surface area contributed by atoms with Gasteiger partial charge >= 0.3 is 0 Å². The van der Waals surface area contributed by atoms with Crippen molar-refractivity contribution < 1.29 is 8.91 Å². The van der Waals surface area contributed by atoms with Crippen LogP contribution in [-0.4, -0.2) is 38.1 Å². The van der Waals surface area contributed by atoms with Gasteiger partial charge in [-0.1, -0.05) is 5.16 Å². The van der Waals surface area contributed by atoms with Gasteiger partial charge in [0.15, 0.2) is 0 Å². The molecule has 0 amide bonds. The molecule has 0 N–H and O–H groups in total. The van der Waals surface area contributed by atoms with Gasteiger partial charge in [-0.25, -0.2) is 9.37 Å². The van der Waals surface area contributed by atoms with Crippen molar-refractivity contribution in [2.75, 3.05) is 13.1 Å². The number of halogens is 1. The number of pyridine rings is 1. The van der Waals surface area contributed by atoms with E-state index in [4.69, 9.17) is 4.52 Å². The highest BCUT2D eigenvalue weighted by Gasteiger charge is 2.42. The summed E-state index contributed by atoms with van der Waals surface area (Å²) in [5.41, 5.74) is 1.99. The third-order valence-corrected chi connectivity index (χ3v) is 5.40. The second-order valence-corrected chi connectivity index (χ2v) is 7.24. The van der Waals surface area contributed by atoms with Gasteiger partial charge in [-0.05, 0) is 38.4 Å². The zero-order chi connectivity index (χ0) is 17.3. The highest BCUT2D eigenvalue weighted by atomic mass is 32.1. The topological polar surface area (TPSA) is 67.9 Å². The normalized spacial score (nSPS) is 21.5. The molecule has 3 aromatic heterocycles. The summed E-state index contributed by atoms with van der Waals surface area (Å²) in [7, 11) is 0. The summed E-state index contributed by atoms with van der Waals surface area (Å²) in [6.07, 6.45) is 4.44. The van der Waals surface area contributed by atoms with Crippen LogP contribution in [0.1, 0.15) is 29.3 Å². The van der Waals surface area contributed by atoms with Gasteiger partial charge in [-0.15, -0.1) is 11.3 Å². The van der Waals surface area contributed by atoms with Crippen LogP contribution in [0.25, 0.3) is 11.4 Å². The maximum atomic E-state index is 15.6. The smallest absolute Gasteiger partial charge is 0.265 e. The van der Waals surface area contributed by atoms with Crippen LogP contribution in [0.15, 0.2) is 34.6 Å². The third kappa shape index (κ3) is 3.32. The van der Waals surface area contributed by atoms with Crippen molar-refractivity contribution in [2.45, 2.75) is 32.0 Å². The Hall–Kier alpha value is -2.19. The Labute approximate surface area is 148 Å². The van der Waals surface area contributed by atoms with Crippen molar-refractivity contribution in [2.24, 2.45) is 0 Å². The lowest BCUT2D eigenvalue weighted by molar-refractivity contribution is 0.0127. The van der Waals surface area contributed by atoms with Gasteiger partial charge in [0.1, 0.15) is 0 Å². The lowest BCUT2D eigenvalue weighted by Crippen LogP contribution is -2.43. The molecule has 1 atom stereocenters. The number of alkyl halides is 1. The van der Waals surface area contributed by atoms with Gasteiger partial charge in [0.2, 0.25) is 11.5 Å². The van der Waals surface area contributed by atoms with Gasteiger partial charge in [-0.3, -0.25) is 9.88 Å². The van der Waals surface area contributed by atoms with Crippen LogP contribution in [0.2, 0.25) is 0 Å². The number of likely N-dealkylation sites (tertiary alicyclic amines) is 1. The molecule has 3 aromatic rings. The summed E-state index contributed by atoms with van der Waals surface area (Å²) in [6, 6.07) is 3.55. The standard InChI is InChI=1S/C17H18FN5OS/c1-12-14(25-11-20-12)9-23-8-2-5-17(18,10-23)16-21-15(22-24-16)13-3-6-19-7-4-13/h3-4,6-7,11H,2,5,8-10H2,1H3. The second-order valence-electron chi connectivity index (χ2n) is 6.30. The first-order chi connectivity index (χ1) is 12.1. The van der Waals surface area contributed by atoms with E-state index >= 15 is 4.39 Å². The molecular formula is C17H18FN5OS. The van der Waals surface area contributed by atoms with Crippen molar-refractivity contribution >= 4 is 11.3 Å². The van der Waals surface area contributed by atoms with Crippen LogP contribution >= 0.6 is 11.3 Å². The number of rotatable bonds is 4. The zero-order valence-corrected chi connectivity index (χ0v) is 14.7. The summed E-state index contributed by atoms with van der Waals surface area (Å²) in [4.78, 5) is 15.8. The fraction of sp³-hybridized carbons (Fsp3) is 0.412. The molecule has 0 saturated carbocycles. The van der Waals surface area contributed by atoms with E-state index in [0.717, 1.165) is 24.2 Å². The molecule has 0 bridgehead atoms. The minimum atomic E-state index is -1.62. The molecule has 1 aliphatic rings. The maximum absolute atomic E-state index is 15.6. The zero-order valence-electron chi connectivity index (χ0n) is 13.9. The Morgan fingerprint density at radius 2 is 2.20 bits per heavy atom. The van der Waals surface area contributed by atoms with Crippen LogP contribution in [0.4, 0.5) is 4.39 Å². The van der Waals surface area contributed by atoms with Gasteiger partial charge < -0.3 is 4.52 Å². The molecule has 1 fully saturated rings. The van der Waals surface area contributed by atoms with Crippen molar-refractivity contribution in [3.05, 3.63) is 46.5 Å². The minimum absolute atomic E-state index is 0.0602. The van der Waals surface area contributed by atoms with Crippen LogP contribution in [0.5, 0.6) is 0 Å². The average molecular weight is 359 g/mol. The highest BCUT2D eigenvalue weighted by Crippen LogP contribution is 2.36. The first-order valence-corrected chi connectivity index (χ1v) is 9.07. The van der Waals surface area contributed by atoms with Crippen LogP contribution in [0.3, 0.4) is 0 Å². The van der Waals surface area contributed by atoms with Gasteiger partial charge in [-0.2, -0.15) is 4.98 Å². The molecule has 1 aliphatic heterocycles. The number of aryl methyl sites for hydroxylation is 1. The fourth-order valence-electron chi connectivity index (χ4n) is 3.11. The molecule has 4 rings (SSSR count). The monoisotopic (exact) mass is 359 g/mol. The van der Waals surface area contributed by atoms with E-state index in [2.05, 4.69) is 25.0 Å². The summed E-state index contributed by atoms with van der Waals surface area (Å²) in [5, 5.41) is 3.94. The average Bonchev–Trinajstić information content (AvgIpc) is 3.26. The van der Waals surface area contributed by atoms with Crippen molar-refractivity contribution in [3.8, 4) is 11.4 Å². The molecule has 25 heavy (non-hydrogen) atoms. The Kier molecular flexibility index (Phi) is 4.30. The predicted octanol–water partition coefficient (Wildman–Crippen LogP) is 3.36. The Bertz CT molecular complexity index is 852. The molecule has 1 saturated heterocycles. The van der Waals surface area contributed by atoms with Gasteiger partial charge in [0.25, 0.3) is 5.89 Å². The maximum Gasteiger partial charge on any atom is 0.265 e. The Morgan fingerprint density at radius 3 is 2.96 bits per heavy atom. The molecule has 0 radical (unpaired) electrons. The molecule has 1 unspecified atom stereocenters. The molecule has 0 spiro atoms. The van der Waals surface area contributed by atoms with E-state index in [1.54, 1.807) is 35.9 Å². The highest BCUT2D eigenvalue weighted by molar-refractivity contribution is 7.09. The summed E-state index contributed by atoms with van der Waals surface area (Å²) < 4.78 is 20.8. The van der Waals surface area contributed by atoms with E-state index in [1.807, 2.05) is 12.4 Å². The van der Waals surface area contributed by atoms with Gasteiger partial charge in [0.05, 0.1) is 11.2 Å². The van der Waals surface area contributed by atoms with E-state index in [-0.39, 0.29) is 12.4 Å². The quantitative estimate of drug-likeness (QED) is 0.711. The molecule has 6 nitrogen and oxygen atoms in total. The van der Waals surface area contributed by atoms with Crippen molar-refractivity contribution in [1.82, 2.24) is 25.0 Å². The predicted molar refractivity (Wildman–Crippen MR) is 91.7 cm³/mol. The number of hydrogen-bond donors (Lipinski definition) is 0. The molecule has 0 aromatic carbocycles. The first kappa shape index (κ1) is 16.3. The number of aromatic nitrogens is 4. The number of piperidine rings is 1. The SMILES string of the molecule is Cc1ncsc1CN1CCCC(F)(c2nc(-c3ccncc3)no2)C1. The largest absolute Gasteiger partial charge is 0.335 e. The summed E-state index contributed by atoms with van der Waals surface area (Å²) >= 11 is 1.61. The summed E-state index contributed by atoms with van der Waals surface area (Å²) in [6.45, 7) is 3.79. The fourth-order valence-corrected chi connectivity index (χ4v) is 3.93. The number of nitrogens with zero attached hydrogens (tertiary/aromatic N) is 5. The van der Waals surface area contributed by atoms with E-state index in [9.17, 15) is 0 Å². The van der Waals surface area contributed by atoms with Crippen molar-refractivity contribution in [3.63, 3.8) is 0 Å². The molecule has 0 aliphatic carbocycles. The van der Waals surface area contributed by atoms with Crippen LogP contribution < -0.4 is 0 Å². The Morgan fingerprint density at radius 1 is 1.36 bits per heavy atom.